The lowest BCUT2D eigenvalue weighted by molar-refractivity contribution is 1.01. The number of aryl methyl sites for hydroxylation is 1. The minimum Gasteiger partial charge on any atom is -0.344 e. The van der Waals surface area contributed by atoms with Gasteiger partial charge in [0, 0.05) is 61.8 Å². The first-order chi connectivity index (χ1) is 22.7. The number of rotatable bonds is 3. The molecule has 0 radical (unpaired) electrons. The highest BCUT2D eigenvalue weighted by molar-refractivity contribution is 6.13. The standard InChI is InChI=1S/C43H29N3/c1-44-38-16-8-5-13-32(38)35-25-28(19-22-39(35)44)29-20-23-42-36(26-29)33-14-6-10-18-41(33)46(42)31-21-24-43-37(27-31)34-15-7-9-17-40(34)45(43)30-11-3-2-4-12-30/h2-27H,1H3. The first kappa shape index (κ1) is 25.3. The van der Waals surface area contributed by atoms with Crippen LogP contribution in [-0.4, -0.2) is 13.7 Å². The summed E-state index contributed by atoms with van der Waals surface area (Å²) in [7, 11) is 2.15. The van der Waals surface area contributed by atoms with Crippen molar-refractivity contribution in [1.29, 1.82) is 0 Å². The molecule has 3 aromatic heterocycles. The fourth-order valence-corrected chi connectivity index (χ4v) is 7.73. The zero-order valence-electron chi connectivity index (χ0n) is 25.4. The van der Waals surface area contributed by atoms with Gasteiger partial charge in [0.15, 0.2) is 0 Å². The highest BCUT2D eigenvalue weighted by Gasteiger charge is 2.17. The Bertz CT molecular complexity index is 2810. The van der Waals surface area contributed by atoms with Crippen LogP contribution in [0, 0.1) is 0 Å². The summed E-state index contributed by atoms with van der Waals surface area (Å²) >= 11 is 0. The Hall–Kier alpha value is -6.06. The fourth-order valence-electron chi connectivity index (χ4n) is 7.73. The molecule has 0 amide bonds. The zero-order chi connectivity index (χ0) is 30.4. The molecule has 0 aliphatic rings. The second kappa shape index (κ2) is 9.47. The van der Waals surface area contributed by atoms with Crippen LogP contribution in [0.2, 0.25) is 0 Å². The zero-order valence-corrected chi connectivity index (χ0v) is 25.4. The van der Waals surface area contributed by atoms with Crippen molar-refractivity contribution in [3.8, 4) is 22.5 Å². The molecule has 0 atom stereocenters. The van der Waals surface area contributed by atoms with Gasteiger partial charge in [-0.3, -0.25) is 0 Å². The summed E-state index contributed by atoms with van der Waals surface area (Å²) in [4.78, 5) is 0. The Morgan fingerprint density at radius 3 is 1.37 bits per heavy atom. The summed E-state index contributed by atoms with van der Waals surface area (Å²) in [5.74, 6) is 0. The first-order valence-electron chi connectivity index (χ1n) is 15.8. The molecule has 0 saturated carbocycles. The van der Waals surface area contributed by atoms with Crippen LogP contribution in [0.3, 0.4) is 0 Å². The van der Waals surface area contributed by atoms with E-state index in [4.69, 9.17) is 0 Å². The number of fused-ring (bicyclic) bond motifs is 9. The van der Waals surface area contributed by atoms with E-state index < -0.39 is 0 Å². The van der Waals surface area contributed by atoms with Crippen molar-refractivity contribution >= 4 is 65.4 Å². The predicted molar refractivity (Wildman–Crippen MR) is 195 cm³/mol. The molecule has 0 aliphatic heterocycles. The lowest BCUT2D eigenvalue weighted by atomic mass is 10.0. The first-order valence-corrected chi connectivity index (χ1v) is 15.8. The van der Waals surface area contributed by atoms with Gasteiger partial charge in [0.25, 0.3) is 0 Å². The summed E-state index contributed by atoms with van der Waals surface area (Å²) in [5.41, 5.74) is 12.2. The van der Waals surface area contributed by atoms with Gasteiger partial charge in [-0.25, -0.2) is 0 Å². The van der Waals surface area contributed by atoms with Gasteiger partial charge in [0.05, 0.1) is 22.1 Å². The molecule has 0 unspecified atom stereocenters. The molecule has 3 nitrogen and oxygen atoms in total. The van der Waals surface area contributed by atoms with Gasteiger partial charge in [0.2, 0.25) is 0 Å². The van der Waals surface area contributed by atoms with Crippen molar-refractivity contribution in [3.05, 3.63) is 158 Å². The van der Waals surface area contributed by atoms with Crippen LogP contribution in [-0.2, 0) is 7.05 Å². The largest absolute Gasteiger partial charge is 0.344 e. The molecule has 7 aromatic carbocycles. The summed E-state index contributed by atoms with van der Waals surface area (Å²) in [6.07, 6.45) is 0. The average molecular weight is 588 g/mol. The van der Waals surface area contributed by atoms with E-state index in [2.05, 4.69) is 178 Å². The molecule has 10 rings (SSSR count). The van der Waals surface area contributed by atoms with Crippen LogP contribution < -0.4 is 0 Å². The van der Waals surface area contributed by atoms with Gasteiger partial charge in [-0.05, 0) is 83.9 Å². The van der Waals surface area contributed by atoms with Crippen molar-refractivity contribution in [2.24, 2.45) is 7.05 Å². The topological polar surface area (TPSA) is 14.8 Å². The van der Waals surface area contributed by atoms with Gasteiger partial charge in [-0.2, -0.15) is 0 Å². The molecule has 3 heteroatoms. The second-order valence-corrected chi connectivity index (χ2v) is 12.3. The SMILES string of the molecule is Cn1c2ccccc2c2cc(-c3ccc4c(c3)c3ccccc3n4-c3ccc4c(c3)c3ccccc3n4-c3ccccc3)ccc21. The van der Waals surface area contributed by atoms with E-state index in [0.29, 0.717) is 0 Å². The Kier molecular flexibility index (Phi) is 5.20. The maximum absolute atomic E-state index is 2.43. The smallest absolute Gasteiger partial charge is 0.0542 e. The van der Waals surface area contributed by atoms with Crippen LogP contribution >= 0.6 is 0 Å². The fraction of sp³-hybridized carbons (Fsp3) is 0.0233. The Balaban J connectivity index is 1.19. The molecule has 216 valence electrons. The van der Waals surface area contributed by atoms with Crippen LogP contribution in [0.15, 0.2) is 158 Å². The molecule has 0 aliphatic carbocycles. The Morgan fingerprint density at radius 1 is 0.304 bits per heavy atom. The molecule has 3 heterocycles. The van der Waals surface area contributed by atoms with Gasteiger partial charge >= 0.3 is 0 Å². The minimum atomic E-state index is 1.17. The molecule has 0 spiro atoms. The summed E-state index contributed by atoms with van der Waals surface area (Å²) in [6.45, 7) is 0. The van der Waals surface area contributed by atoms with Crippen LogP contribution in [0.25, 0.3) is 87.9 Å². The molecule has 0 N–H and O–H groups in total. The molecule has 0 saturated heterocycles. The Morgan fingerprint density at radius 2 is 0.717 bits per heavy atom. The molecule has 0 fully saturated rings. The monoisotopic (exact) mass is 587 g/mol. The highest BCUT2D eigenvalue weighted by atomic mass is 15.0. The normalized spacial score (nSPS) is 12.0. The van der Waals surface area contributed by atoms with E-state index >= 15 is 0 Å². The van der Waals surface area contributed by atoms with Gasteiger partial charge in [-0.1, -0.05) is 84.9 Å². The maximum Gasteiger partial charge on any atom is 0.0542 e. The quantitative estimate of drug-likeness (QED) is 0.195. The van der Waals surface area contributed by atoms with Crippen molar-refractivity contribution in [3.63, 3.8) is 0 Å². The number of benzene rings is 7. The second-order valence-electron chi connectivity index (χ2n) is 12.3. The predicted octanol–water partition coefficient (Wildman–Crippen LogP) is 11.2. The van der Waals surface area contributed by atoms with Crippen molar-refractivity contribution in [2.75, 3.05) is 0 Å². The molecule has 0 bridgehead atoms. The van der Waals surface area contributed by atoms with E-state index in [9.17, 15) is 0 Å². The van der Waals surface area contributed by atoms with Crippen molar-refractivity contribution in [1.82, 2.24) is 13.7 Å². The van der Waals surface area contributed by atoms with Crippen LogP contribution in [0.4, 0.5) is 0 Å². The molecule has 46 heavy (non-hydrogen) atoms. The summed E-state index contributed by atoms with van der Waals surface area (Å²) in [6, 6.07) is 57.6. The maximum atomic E-state index is 2.43. The third-order valence-corrected chi connectivity index (χ3v) is 9.85. The van der Waals surface area contributed by atoms with E-state index in [0.717, 1.165) is 0 Å². The lowest BCUT2D eigenvalue weighted by Gasteiger charge is -2.10. The van der Waals surface area contributed by atoms with Crippen molar-refractivity contribution in [2.45, 2.75) is 0 Å². The summed E-state index contributed by atoms with van der Waals surface area (Å²) < 4.78 is 7.09. The summed E-state index contributed by atoms with van der Waals surface area (Å²) in [5, 5.41) is 7.62. The Labute approximate surface area is 265 Å². The number of hydrogen-bond donors (Lipinski definition) is 0. The van der Waals surface area contributed by atoms with Crippen molar-refractivity contribution < 1.29 is 0 Å². The van der Waals surface area contributed by atoms with Gasteiger partial charge < -0.3 is 13.7 Å². The molecular weight excluding hydrogens is 558 g/mol. The van der Waals surface area contributed by atoms with E-state index in [-0.39, 0.29) is 0 Å². The number of para-hydroxylation sites is 4. The molecule has 10 aromatic rings. The lowest BCUT2D eigenvalue weighted by Crippen LogP contribution is -1.95. The van der Waals surface area contributed by atoms with Gasteiger partial charge in [-0.15, -0.1) is 0 Å². The van der Waals surface area contributed by atoms with Gasteiger partial charge in [0.1, 0.15) is 0 Å². The minimum absolute atomic E-state index is 1.17. The van der Waals surface area contributed by atoms with Crippen LogP contribution in [0.1, 0.15) is 0 Å². The van der Waals surface area contributed by atoms with E-state index in [1.165, 1.54) is 87.9 Å². The highest BCUT2D eigenvalue weighted by Crippen LogP contribution is 2.39. The average Bonchev–Trinajstić information content (AvgIpc) is 3.73. The third kappa shape index (κ3) is 3.48. The molecular formula is C43H29N3. The van der Waals surface area contributed by atoms with Crippen LogP contribution in [0.5, 0.6) is 0 Å². The number of aromatic nitrogens is 3. The number of nitrogens with zero attached hydrogens (tertiary/aromatic N) is 3. The van der Waals surface area contributed by atoms with E-state index in [1.54, 1.807) is 0 Å². The number of hydrogen-bond acceptors (Lipinski definition) is 0. The van der Waals surface area contributed by atoms with E-state index in [1.807, 2.05) is 0 Å². The third-order valence-electron chi connectivity index (χ3n) is 9.85.